The first-order chi connectivity index (χ1) is 4.75. The first kappa shape index (κ1) is 6.87. The lowest BCUT2D eigenvalue weighted by atomic mass is 10.1. The lowest BCUT2D eigenvalue weighted by Crippen LogP contribution is -1.77. The summed E-state index contributed by atoms with van der Waals surface area (Å²) in [5.74, 6) is 0.331. The van der Waals surface area contributed by atoms with E-state index in [1.54, 1.807) is 6.08 Å². The minimum Gasteiger partial charge on any atom is -0.507 e. The Balaban J connectivity index is 3.27. The van der Waals surface area contributed by atoms with E-state index in [0.717, 1.165) is 11.1 Å². The van der Waals surface area contributed by atoms with Gasteiger partial charge in [0.05, 0.1) is 0 Å². The molecule has 0 bridgehead atoms. The zero-order valence-corrected chi connectivity index (χ0v) is 5.96. The van der Waals surface area contributed by atoms with Gasteiger partial charge in [-0.15, -0.1) is 0 Å². The van der Waals surface area contributed by atoms with E-state index in [4.69, 9.17) is 0 Å². The summed E-state index contributed by atoms with van der Waals surface area (Å²) in [7, 11) is 0. The molecule has 1 N–H and O–H groups in total. The maximum absolute atomic E-state index is 9.33. The number of aromatic hydroxyl groups is 1. The number of phenols is 1. The summed E-state index contributed by atoms with van der Waals surface area (Å²) in [5, 5.41) is 9.33. The van der Waals surface area contributed by atoms with Gasteiger partial charge in [0, 0.05) is 5.56 Å². The molecule has 1 heteroatoms. The molecule has 0 aromatic heterocycles. The molecule has 52 valence electrons. The van der Waals surface area contributed by atoms with Gasteiger partial charge in [-0.05, 0) is 12.5 Å². The average molecular weight is 134 g/mol. The number of para-hydroxylation sites is 1. The van der Waals surface area contributed by atoms with Crippen LogP contribution in [0.15, 0.2) is 24.8 Å². The quantitative estimate of drug-likeness (QED) is 0.625. The third-order valence-corrected chi connectivity index (χ3v) is 1.49. The van der Waals surface area contributed by atoms with Crippen LogP contribution in [0.3, 0.4) is 0 Å². The molecule has 0 heterocycles. The summed E-state index contributed by atoms with van der Waals surface area (Å²) in [4.78, 5) is 0. The van der Waals surface area contributed by atoms with Crippen LogP contribution < -0.4 is 0 Å². The second kappa shape index (κ2) is 2.56. The molecule has 1 rings (SSSR count). The molecule has 0 amide bonds. The normalized spacial score (nSPS) is 9.30. The number of aryl methyl sites for hydroxylation is 1. The predicted octanol–water partition coefficient (Wildman–Crippen LogP) is 2.34. The van der Waals surface area contributed by atoms with Gasteiger partial charge in [-0.2, -0.15) is 0 Å². The standard InChI is InChI=1S/C9H10O/c1-3-8-6-4-5-7(2)9(8)10/h3-6,10H,1H2,2H3. The predicted molar refractivity (Wildman–Crippen MR) is 42.9 cm³/mol. The monoisotopic (exact) mass is 134 g/mol. The van der Waals surface area contributed by atoms with E-state index in [0.29, 0.717) is 5.75 Å². The van der Waals surface area contributed by atoms with Gasteiger partial charge in [0.2, 0.25) is 0 Å². The van der Waals surface area contributed by atoms with Crippen LogP contribution in [-0.2, 0) is 0 Å². The van der Waals surface area contributed by atoms with E-state index in [9.17, 15) is 5.11 Å². The SMILES string of the molecule is C=Cc1cccc(C)c1O. The van der Waals surface area contributed by atoms with Gasteiger partial charge < -0.3 is 5.11 Å². The van der Waals surface area contributed by atoms with Crippen molar-refractivity contribution >= 4 is 6.08 Å². The molecule has 0 spiro atoms. The van der Waals surface area contributed by atoms with Gasteiger partial charge >= 0.3 is 0 Å². The van der Waals surface area contributed by atoms with E-state index in [1.807, 2.05) is 25.1 Å². The number of benzene rings is 1. The molecular weight excluding hydrogens is 124 g/mol. The highest BCUT2D eigenvalue weighted by atomic mass is 16.3. The van der Waals surface area contributed by atoms with Crippen LogP contribution >= 0.6 is 0 Å². The molecule has 1 aromatic rings. The van der Waals surface area contributed by atoms with Crippen LogP contribution in [0, 0.1) is 6.92 Å². The van der Waals surface area contributed by atoms with Crippen molar-refractivity contribution in [1.29, 1.82) is 0 Å². The molecule has 0 saturated heterocycles. The van der Waals surface area contributed by atoms with E-state index in [1.165, 1.54) is 0 Å². The van der Waals surface area contributed by atoms with Crippen LogP contribution in [0.5, 0.6) is 5.75 Å². The fourth-order valence-electron chi connectivity index (χ4n) is 0.846. The van der Waals surface area contributed by atoms with Crippen LogP contribution in [0.25, 0.3) is 6.08 Å². The molecule has 0 fully saturated rings. The Hall–Kier alpha value is -1.24. The summed E-state index contributed by atoms with van der Waals surface area (Å²) in [6, 6.07) is 5.59. The molecule has 0 unspecified atom stereocenters. The van der Waals surface area contributed by atoms with Gasteiger partial charge in [0.25, 0.3) is 0 Å². The molecule has 0 aliphatic carbocycles. The zero-order valence-electron chi connectivity index (χ0n) is 5.96. The second-order valence-electron chi connectivity index (χ2n) is 2.22. The number of phenolic OH excluding ortho intramolecular Hbond substituents is 1. The van der Waals surface area contributed by atoms with Crippen molar-refractivity contribution in [2.75, 3.05) is 0 Å². The first-order valence-corrected chi connectivity index (χ1v) is 3.16. The Morgan fingerprint density at radius 3 is 2.70 bits per heavy atom. The molecule has 0 saturated carbocycles. The van der Waals surface area contributed by atoms with Gasteiger partial charge in [-0.3, -0.25) is 0 Å². The number of rotatable bonds is 1. The molecular formula is C9H10O. The van der Waals surface area contributed by atoms with Gasteiger partial charge in [0.15, 0.2) is 0 Å². The topological polar surface area (TPSA) is 20.2 Å². The molecule has 1 aromatic carbocycles. The van der Waals surface area contributed by atoms with E-state index >= 15 is 0 Å². The highest BCUT2D eigenvalue weighted by Crippen LogP contribution is 2.21. The van der Waals surface area contributed by atoms with Crippen molar-refractivity contribution in [1.82, 2.24) is 0 Å². The van der Waals surface area contributed by atoms with E-state index in [2.05, 4.69) is 6.58 Å². The molecule has 0 aliphatic rings. The highest BCUT2D eigenvalue weighted by molar-refractivity contribution is 5.57. The maximum atomic E-state index is 9.33. The maximum Gasteiger partial charge on any atom is 0.125 e. The van der Waals surface area contributed by atoms with E-state index < -0.39 is 0 Å². The lowest BCUT2D eigenvalue weighted by Gasteiger charge is -2.00. The summed E-state index contributed by atoms with van der Waals surface area (Å²) >= 11 is 0. The van der Waals surface area contributed by atoms with Crippen LogP contribution in [0.2, 0.25) is 0 Å². The summed E-state index contributed by atoms with van der Waals surface area (Å²) < 4.78 is 0. The summed E-state index contributed by atoms with van der Waals surface area (Å²) in [5.41, 5.74) is 1.68. The lowest BCUT2D eigenvalue weighted by molar-refractivity contribution is 0.470. The Kier molecular flexibility index (Phi) is 1.76. The summed E-state index contributed by atoms with van der Waals surface area (Å²) in [6.45, 7) is 5.44. The van der Waals surface area contributed by atoms with Crippen LogP contribution in [0.4, 0.5) is 0 Å². The van der Waals surface area contributed by atoms with Crippen LogP contribution in [0.1, 0.15) is 11.1 Å². The Labute approximate surface area is 60.6 Å². The van der Waals surface area contributed by atoms with Gasteiger partial charge in [-0.1, -0.05) is 30.9 Å². The van der Waals surface area contributed by atoms with Gasteiger partial charge in [0.1, 0.15) is 5.75 Å². The van der Waals surface area contributed by atoms with Crippen molar-refractivity contribution in [3.05, 3.63) is 35.9 Å². The fraction of sp³-hybridized carbons (Fsp3) is 0.111. The van der Waals surface area contributed by atoms with E-state index in [-0.39, 0.29) is 0 Å². The van der Waals surface area contributed by atoms with Crippen molar-refractivity contribution in [2.24, 2.45) is 0 Å². The molecule has 10 heavy (non-hydrogen) atoms. The minimum atomic E-state index is 0.331. The molecule has 1 nitrogen and oxygen atoms in total. The Bertz CT molecular complexity index is 251. The largest absolute Gasteiger partial charge is 0.507 e. The molecule has 0 radical (unpaired) electrons. The van der Waals surface area contributed by atoms with Gasteiger partial charge in [-0.25, -0.2) is 0 Å². The third-order valence-electron chi connectivity index (χ3n) is 1.49. The highest BCUT2D eigenvalue weighted by Gasteiger charge is 1.97. The second-order valence-corrected chi connectivity index (χ2v) is 2.22. The van der Waals surface area contributed by atoms with Crippen molar-refractivity contribution in [3.63, 3.8) is 0 Å². The Morgan fingerprint density at radius 1 is 1.50 bits per heavy atom. The molecule has 0 atom stereocenters. The molecule has 0 aliphatic heterocycles. The van der Waals surface area contributed by atoms with Crippen molar-refractivity contribution in [2.45, 2.75) is 6.92 Å². The summed E-state index contributed by atoms with van der Waals surface area (Å²) in [6.07, 6.45) is 1.64. The fourth-order valence-corrected chi connectivity index (χ4v) is 0.846. The first-order valence-electron chi connectivity index (χ1n) is 3.16. The van der Waals surface area contributed by atoms with Crippen molar-refractivity contribution in [3.8, 4) is 5.75 Å². The smallest absolute Gasteiger partial charge is 0.125 e. The van der Waals surface area contributed by atoms with Crippen LogP contribution in [-0.4, -0.2) is 5.11 Å². The minimum absolute atomic E-state index is 0.331. The third kappa shape index (κ3) is 1.03. The zero-order chi connectivity index (χ0) is 7.56. The average Bonchev–Trinajstić information content (AvgIpc) is 1.95. The Morgan fingerprint density at radius 2 is 2.20 bits per heavy atom. The number of hydrogen-bond donors (Lipinski definition) is 1. The number of hydrogen-bond acceptors (Lipinski definition) is 1. The van der Waals surface area contributed by atoms with Crippen molar-refractivity contribution < 1.29 is 5.11 Å².